The Morgan fingerprint density at radius 2 is 2.25 bits per heavy atom. The van der Waals surface area contributed by atoms with E-state index in [4.69, 9.17) is 11.3 Å². The Hall–Kier alpha value is -1.56. The van der Waals surface area contributed by atoms with Crippen LogP contribution >= 0.6 is 0 Å². The predicted molar refractivity (Wildman–Crippen MR) is 46.3 cm³/mol. The average Bonchev–Trinajstić information content (AvgIpc) is 2.05. The van der Waals surface area contributed by atoms with Crippen molar-refractivity contribution in [3.05, 3.63) is 29.7 Å². The van der Waals surface area contributed by atoms with Crippen LogP contribution in [-0.2, 0) is 0 Å². The van der Waals surface area contributed by atoms with E-state index in [0.29, 0.717) is 11.6 Å². The third-order valence-corrected chi connectivity index (χ3v) is 1.21. The molecule has 3 heteroatoms. The molecule has 0 aliphatic carbocycles. The van der Waals surface area contributed by atoms with Crippen molar-refractivity contribution in [1.82, 2.24) is 4.98 Å². The van der Waals surface area contributed by atoms with E-state index in [-0.39, 0.29) is 6.10 Å². The Labute approximate surface area is 71.8 Å². The Balaban J connectivity index is 2.73. The Bertz CT molecular complexity index is 284. The number of hydrogen-bond acceptors (Lipinski definition) is 2. The fourth-order valence-corrected chi connectivity index (χ4v) is 0.750. The molecular weight excluding hydrogens is 152 g/mol. The van der Waals surface area contributed by atoms with Crippen molar-refractivity contribution in [3.63, 3.8) is 0 Å². The maximum atomic E-state index is 6.70. The molecule has 0 atom stereocenters. The van der Waals surface area contributed by atoms with Crippen molar-refractivity contribution < 1.29 is 4.74 Å². The Morgan fingerprint density at radius 3 is 2.67 bits per heavy atom. The van der Waals surface area contributed by atoms with E-state index in [1.54, 1.807) is 12.1 Å². The average molecular weight is 162 g/mol. The van der Waals surface area contributed by atoms with Gasteiger partial charge in [0.25, 0.3) is 0 Å². The lowest BCUT2D eigenvalue weighted by Crippen LogP contribution is -2.06. The zero-order valence-electron chi connectivity index (χ0n) is 7.11. The quantitative estimate of drug-likeness (QED) is 0.624. The molecule has 0 saturated carbocycles. The van der Waals surface area contributed by atoms with Crippen molar-refractivity contribution in [1.29, 1.82) is 0 Å². The molecule has 0 saturated heterocycles. The van der Waals surface area contributed by atoms with E-state index >= 15 is 0 Å². The summed E-state index contributed by atoms with van der Waals surface area (Å²) in [4.78, 5) is 7.18. The van der Waals surface area contributed by atoms with Crippen LogP contribution in [0.1, 0.15) is 13.8 Å². The molecule has 0 spiro atoms. The van der Waals surface area contributed by atoms with Crippen LogP contribution < -0.4 is 4.74 Å². The van der Waals surface area contributed by atoms with Crippen LogP contribution in [0.5, 0.6) is 5.88 Å². The molecule has 1 aromatic rings. The highest BCUT2D eigenvalue weighted by molar-refractivity contribution is 5.42. The molecule has 0 aromatic carbocycles. The van der Waals surface area contributed by atoms with Gasteiger partial charge in [-0.25, -0.2) is 9.83 Å². The minimum atomic E-state index is 0.122. The summed E-state index contributed by atoms with van der Waals surface area (Å²) in [5.41, 5.74) is 0.533. The second-order valence-corrected chi connectivity index (χ2v) is 2.63. The van der Waals surface area contributed by atoms with Gasteiger partial charge in [0, 0.05) is 6.20 Å². The second kappa shape index (κ2) is 3.72. The molecule has 0 N–H and O–H groups in total. The number of aromatic nitrogens is 1. The molecule has 3 nitrogen and oxygen atoms in total. The summed E-state index contributed by atoms with van der Waals surface area (Å²) in [5, 5.41) is 0. The molecule has 62 valence electrons. The minimum absolute atomic E-state index is 0.122. The highest BCUT2D eigenvalue weighted by Gasteiger charge is 1.97. The minimum Gasteiger partial charge on any atom is -0.475 e. The summed E-state index contributed by atoms with van der Waals surface area (Å²) < 4.78 is 5.30. The summed E-state index contributed by atoms with van der Waals surface area (Å²) >= 11 is 0. The molecular formula is C9H10N2O. The lowest BCUT2D eigenvalue weighted by atomic mass is 10.4. The highest BCUT2D eigenvalue weighted by Crippen LogP contribution is 2.14. The van der Waals surface area contributed by atoms with Crippen LogP contribution in [0.15, 0.2) is 18.3 Å². The lowest BCUT2D eigenvalue weighted by Gasteiger charge is -2.07. The molecule has 12 heavy (non-hydrogen) atoms. The fraction of sp³-hybridized carbons (Fsp3) is 0.333. The third kappa shape index (κ3) is 2.24. The first-order valence-corrected chi connectivity index (χ1v) is 3.72. The Kier molecular flexibility index (Phi) is 2.65. The Morgan fingerprint density at radius 1 is 1.50 bits per heavy atom. The van der Waals surface area contributed by atoms with Gasteiger partial charge in [0.1, 0.15) is 0 Å². The van der Waals surface area contributed by atoms with Gasteiger partial charge < -0.3 is 4.74 Å². The van der Waals surface area contributed by atoms with Crippen molar-refractivity contribution >= 4 is 5.69 Å². The molecule has 0 unspecified atom stereocenters. The number of rotatable bonds is 2. The monoisotopic (exact) mass is 162 g/mol. The molecule has 0 aliphatic heterocycles. The zero-order valence-corrected chi connectivity index (χ0v) is 7.11. The maximum absolute atomic E-state index is 6.70. The van der Waals surface area contributed by atoms with Gasteiger partial charge in [-0.2, -0.15) is 0 Å². The van der Waals surface area contributed by atoms with Crippen molar-refractivity contribution in [3.8, 4) is 5.88 Å². The standard InChI is InChI=1S/C9H10N2O/c1-7(2)12-9-5-4-8(10-3)6-11-9/h4-7H,1-2H3. The highest BCUT2D eigenvalue weighted by atomic mass is 16.5. The second-order valence-electron chi connectivity index (χ2n) is 2.63. The molecule has 0 amide bonds. The number of hydrogen-bond donors (Lipinski definition) is 0. The van der Waals surface area contributed by atoms with Crippen LogP contribution in [0.25, 0.3) is 4.85 Å². The van der Waals surface area contributed by atoms with E-state index in [2.05, 4.69) is 9.83 Å². The van der Waals surface area contributed by atoms with Crippen molar-refractivity contribution in [2.75, 3.05) is 0 Å². The van der Waals surface area contributed by atoms with Crippen molar-refractivity contribution in [2.24, 2.45) is 0 Å². The predicted octanol–water partition coefficient (Wildman–Crippen LogP) is 2.42. The van der Waals surface area contributed by atoms with Gasteiger partial charge in [0.2, 0.25) is 11.6 Å². The van der Waals surface area contributed by atoms with Crippen LogP contribution in [0, 0.1) is 6.57 Å². The summed E-state index contributed by atoms with van der Waals surface area (Å²) in [6.07, 6.45) is 1.63. The van der Waals surface area contributed by atoms with Crippen LogP contribution in [0.2, 0.25) is 0 Å². The maximum Gasteiger partial charge on any atom is 0.210 e. The summed E-state index contributed by atoms with van der Waals surface area (Å²) in [7, 11) is 0. The first-order valence-electron chi connectivity index (χ1n) is 3.72. The topological polar surface area (TPSA) is 26.5 Å². The van der Waals surface area contributed by atoms with Crippen LogP contribution in [-0.4, -0.2) is 11.1 Å². The normalized spacial score (nSPS) is 9.50. The smallest absolute Gasteiger partial charge is 0.210 e. The van der Waals surface area contributed by atoms with Gasteiger partial charge >= 0.3 is 0 Å². The van der Waals surface area contributed by atoms with Crippen LogP contribution in [0.4, 0.5) is 5.69 Å². The van der Waals surface area contributed by atoms with E-state index in [1.807, 2.05) is 13.8 Å². The van der Waals surface area contributed by atoms with E-state index in [1.165, 1.54) is 6.20 Å². The number of pyridine rings is 1. The zero-order chi connectivity index (χ0) is 8.97. The van der Waals surface area contributed by atoms with Gasteiger partial charge in [-0.1, -0.05) is 0 Å². The lowest BCUT2D eigenvalue weighted by molar-refractivity contribution is 0.232. The van der Waals surface area contributed by atoms with E-state index in [9.17, 15) is 0 Å². The third-order valence-electron chi connectivity index (χ3n) is 1.21. The van der Waals surface area contributed by atoms with Gasteiger partial charge in [0.05, 0.1) is 12.7 Å². The van der Waals surface area contributed by atoms with Gasteiger partial charge in [-0.05, 0) is 26.0 Å². The molecule has 0 fully saturated rings. The summed E-state index contributed by atoms with van der Waals surface area (Å²) in [6, 6.07) is 3.39. The van der Waals surface area contributed by atoms with Gasteiger partial charge in [0.15, 0.2) is 0 Å². The largest absolute Gasteiger partial charge is 0.475 e. The van der Waals surface area contributed by atoms with Crippen molar-refractivity contribution in [2.45, 2.75) is 20.0 Å². The molecule has 1 aromatic heterocycles. The van der Waals surface area contributed by atoms with E-state index < -0.39 is 0 Å². The molecule has 1 rings (SSSR count). The molecule has 0 bridgehead atoms. The molecule has 0 radical (unpaired) electrons. The van der Waals surface area contributed by atoms with Gasteiger partial charge in [-0.3, -0.25) is 0 Å². The fourth-order valence-electron chi connectivity index (χ4n) is 0.750. The first kappa shape index (κ1) is 8.54. The van der Waals surface area contributed by atoms with E-state index in [0.717, 1.165) is 0 Å². The number of ether oxygens (including phenoxy) is 1. The van der Waals surface area contributed by atoms with Gasteiger partial charge in [-0.15, -0.1) is 0 Å². The summed E-state index contributed by atoms with van der Waals surface area (Å²) in [6.45, 7) is 10.6. The molecule has 0 aliphatic rings. The first-order chi connectivity index (χ1) is 5.72. The van der Waals surface area contributed by atoms with Crippen LogP contribution in [0.3, 0.4) is 0 Å². The molecule has 1 heterocycles. The SMILES string of the molecule is [C-]#[N+]c1ccc(OC(C)C)nc1. The number of nitrogens with zero attached hydrogens (tertiary/aromatic N) is 2. The summed E-state index contributed by atoms with van der Waals surface area (Å²) in [5.74, 6) is 0.567.